The van der Waals surface area contributed by atoms with E-state index in [4.69, 9.17) is 4.74 Å². The minimum absolute atomic E-state index is 0.0947. The Morgan fingerprint density at radius 3 is 2.79 bits per heavy atom. The second-order valence-corrected chi connectivity index (χ2v) is 2.39. The first kappa shape index (κ1) is 12.7. The Balaban J connectivity index is 3.57. The molecule has 0 aromatic heterocycles. The van der Waals surface area contributed by atoms with Crippen LogP contribution < -0.4 is 10.7 Å². The van der Waals surface area contributed by atoms with Crippen LogP contribution in [0, 0.1) is 0 Å². The summed E-state index contributed by atoms with van der Waals surface area (Å²) in [5.41, 5.74) is 2.14. The minimum Gasteiger partial charge on any atom is -0.463 e. The van der Waals surface area contributed by atoms with Crippen LogP contribution in [0.25, 0.3) is 0 Å². The number of hydrogen-bond acceptors (Lipinski definition) is 5. The van der Waals surface area contributed by atoms with Crippen molar-refractivity contribution >= 4 is 12.5 Å². The summed E-state index contributed by atoms with van der Waals surface area (Å²) >= 11 is 0. The van der Waals surface area contributed by atoms with E-state index < -0.39 is 6.09 Å². The summed E-state index contributed by atoms with van der Waals surface area (Å²) in [4.78, 5) is 10.7. The molecule has 1 unspecified atom stereocenters. The van der Waals surface area contributed by atoms with Gasteiger partial charge in [0.25, 0.3) is 0 Å². The van der Waals surface area contributed by atoms with E-state index in [1.54, 1.807) is 14.0 Å². The highest BCUT2D eigenvalue weighted by atomic mass is 16.6. The SMILES string of the molecule is CCOC(=O)NN=COC(CC)NC. The molecule has 0 bridgehead atoms. The van der Waals surface area contributed by atoms with E-state index in [9.17, 15) is 4.79 Å². The summed E-state index contributed by atoms with van der Waals surface area (Å²) in [6.45, 7) is 4.00. The van der Waals surface area contributed by atoms with Crippen molar-refractivity contribution in [3.05, 3.63) is 0 Å². The van der Waals surface area contributed by atoms with Crippen LogP contribution in [-0.2, 0) is 9.47 Å². The van der Waals surface area contributed by atoms with Crippen LogP contribution in [0.5, 0.6) is 0 Å². The summed E-state index contributed by atoms with van der Waals surface area (Å²) < 4.78 is 9.66. The number of carbonyl (C=O) groups is 1. The third-order valence-electron chi connectivity index (χ3n) is 1.40. The monoisotopic (exact) mass is 203 g/mol. The zero-order valence-corrected chi connectivity index (χ0v) is 8.74. The number of nitrogens with zero attached hydrogens (tertiary/aromatic N) is 1. The predicted octanol–water partition coefficient (Wildman–Crippen LogP) is 0.648. The summed E-state index contributed by atoms with van der Waals surface area (Å²) in [5, 5.41) is 6.42. The van der Waals surface area contributed by atoms with Gasteiger partial charge >= 0.3 is 6.09 Å². The zero-order valence-electron chi connectivity index (χ0n) is 8.74. The van der Waals surface area contributed by atoms with Gasteiger partial charge in [0.15, 0.2) is 12.6 Å². The lowest BCUT2D eigenvalue weighted by Gasteiger charge is -2.11. The Hall–Kier alpha value is -1.30. The van der Waals surface area contributed by atoms with Crippen LogP contribution in [0.4, 0.5) is 4.79 Å². The maximum Gasteiger partial charge on any atom is 0.427 e. The minimum atomic E-state index is -0.593. The van der Waals surface area contributed by atoms with Crippen molar-refractivity contribution in [2.45, 2.75) is 26.5 Å². The van der Waals surface area contributed by atoms with Gasteiger partial charge in [0.05, 0.1) is 6.61 Å². The highest BCUT2D eigenvalue weighted by Crippen LogP contribution is 1.88. The fourth-order valence-electron chi connectivity index (χ4n) is 0.715. The van der Waals surface area contributed by atoms with E-state index in [0.29, 0.717) is 6.61 Å². The van der Waals surface area contributed by atoms with E-state index >= 15 is 0 Å². The molecule has 14 heavy (non-hydrogen) atoms. The van der Waals surface area contributed by atoms with Gasteiger partial charge in [-0.1, -0.05) is 6.92 Å². The third kappa shape index (κ3) is 6.24. The first-order valence-corrected chi connectivity index (χ1v) is 4.51. The van der Waals surface area contributed by atoms with Crippen molar-refractivity contribution in [1.82, 2.24) is 10.7 Å². The van der Waals surface area contributed by atoms with Crippen molar-refractivity contribution in [2.75, 3.05) is 13.7 Å². The van der Waals surface area contributed by atoms with Crippen molar-refractivity contribution in [1.29, 1.82) is 0 Å². The molecule has 0 aliphatic rings. The lowest BCUT2D eigenvalue weighted by atomic mass is 10.4. The Kier molecular flexibility index (Phi) is 7.53. The molecule has 0 heterocycles. The number of ether oxygens (including phenoxy) is 2. The van der Waals surface area contributed by atoms with Gasteiger partial charge in [-0.25, -0.2) is 10.2 Å². The molecular weight excluding hydrogens is 186 g/mol. The van der Waals surface area contributed by atoms with Gasteiger partial charge in [-0.05, 0) is 20.4 Å². The van der Waals surface area contributed by atoms with Crippen molar-refractivity contribution in [3.8, 4) is 0 Å². The summed E-state index contributed by atoms with van der Waals surface area (Å²) in [6, 6.07) is 0. The topological polar surface area (TPSA) is 72.0 Å². The largest absolute Gasteiger partial charge is 0.463 e. The second kappa shape index (κ2) is 8.31. The van der Waals surface area contributed by atoms with E-state index in [-0.39, 0.29) is 6.23 Å². The molecule has 0 aliphatic carbocycles. The Bertz CT molecular complexity index is 181. The maximum atomic E-state index is 10.7. The summed E-state index contributed by atoms with van der Waals surface area (Å²) in [5.74, 6) is 0. The molecule has 2 N–H and O–H groups in total. The summed E-state index contributed by atoms with van der Waals surface area (Å²) in [6.07, 6.45) is 1.29. The molecule has 0 radical (unpaired) electrons. The van der Waals surface area contributed by atoms with Crippen molar-refractivity contribution in [3.63, 3.8) is 0 Å². The Labute approximate surface area is 83.6 Å². The van der Waals surface area contributed by atoms with Crippen LogP contribution in [0.3, 0.4) is 0 Å². The number of hydrogen-bond donors (Lipinski definition) is 2. The molecule has 0 spiro atoms. The molecule has 0 aromatic rings. The van der Waals surface area contributed by atoms with Gasteiger partial charge in [-0.3, -0.25) is 5.32 Å². The number of nitrogens with one attached hydrogen (secondary N) is 2. The number of rotatable bonds is 6. The molecule has 1 atom stereocenters. The number of hydrazone groups is 1. The molecule has 6 nitrogen and oxygen atoms in total. The first-order chi connectivity index (χ1) is 6.74. The highest BCUT2D eigenvalue weighted by Gasteiger charge is 1.99. The fourth-order valence-corrected chi connectivity index (χ4v) is 0.715. The van der Waals surface area contributed by atoms with Crippen LogP contribution in [0.15, 0.2) is 5.10 Å². The second-order valence-electron chi connectivity index (χ2n) is 2.39. The van der Waals surface area contributed by atoms with E-state index in [2.05, 4.69) is 20.6 Å². The Morgan fingerprint density at radius 1 is 1.57 bits per heavy atom. The van der Waals surface area contributed by atoms with Gasteiger partial charge in [0.2, 0.25) is 0 Å². The highest BCUT2D eigenvalue weighted by molar-refractivity contribution is 5.67. The number of carbonyl (C=O) groups excluding carboxylic acids is 1. The van der Waals surface area contributed by atoms with Crippen LogP contribution in [0.2, 0.25) is 0 Å². The lowest BCUT2D eigenvalue weighted by molar-refractivity contribution is 0.149. The predicted molar refractivity (Wildman–Crippen MR) is 52.9 cm³/mol. The molecular formula is C8H17N3O3. The molecule has 0 saturated heterocycles. The molecule has 6 heteroatoms. The van der Waals surface area contributed by atoms with E-state index in [1.165, 1.54) is 6.40 Å². The van der Waals surface area contributed by atoms with Crippen molar-refractivity contribution in [2.24, 2.45) is 5.10 Å². The van der Waals surface area contributed by atoms with Crippen molar-refractivity contribution < 1.29 is 14.3 Å². The van der Waals surface area contributed by atoms with Crippen LogP contribution in [0.1, 0.15) is 20.3 Å². The van der Waals surface area contributed by atoms with Crippen LogP contribution >= 0.6 is 0 Å². The lowest BCUT2D eigenvalue weighted by Crippen LogP contribution is -2.27. The van der Waals surface area contributed by atoms with Gasteiger partial charge in [0, 0.05) is 0 Å². The standard InChI is InChI=1S/C8H17N3O3/c1-4-7(9-3)14-6-10-11-8(12)13-5-2/h6-7,9H,4-5H2,1-3H3,(H,11,12). The molecule has 0 aliphatic heterocycles. The van der Waals surface area contributed by atoms with Gasteiger partial charge < -0.3 is 9.47 Å². The normalized spacial score (nSPS) is 12.5. The molecule has 82 valence electrons. The molecule has 0 rings (SSSR count). The van der Waals surface area contributed by atoms with Crippen LogP contribution in [-0.4, -0.2) is 32.4 Å². The molecule has 0 aromatic carbocycles. The molecule has 0 fully saturated rings. The van der Waals surface area contributed by atoms with Gasteiger partial charge in [-0.2, -0.15) is 0 Å². The Morgan fingerprint density at radius 2 is 2.29 bits per heavy atom. The smallest absolute Gasteiger partial charge is 0.427 e. The number of amides is 1. The quantitative estimate of drug-likeness (QED) is 0.288. The van der Waals surface area contributed by atoms with E-state index in [1.807, 2.05) is 6.92 Å². The average Bonchev–Trinajstić information content (AvgIpc) is 2.19. The fraction of sp³-hybridized carbons (Fsp3) is 0.750. The third-order valence-corrected chi connectivity index (χ3v) is 1.40. The van der Waals surface area contributed by atoms with E-state index in [0.717, 1.165) is 6.42 Å². The van der Waals surface area contributed by atoms with Gasteiger partial charge in [-0.15, -0.1) is 5.10 Å². The average molecular weight is 203 g/mol. The molecule has 0 saturated carbocycles. The first-order valence-electron chi connectivity index (χ1n) is 4.51. The molecule has 1 amide bonds. The summed E-state index contributed by atoms with van der Waals surface area (Å²) in [7, 11) is 1.78. The zero-order chi connectivity index (χ0) is 10.8. The maximum absolute atomic E-state index is 10.7. The van der Waals surface area contributed by atoms with Gasteiger partial charge in [0.1, 0.15) is 0 Å².